The second-order valence-electron chi connectivity index (χ2n) is 28.3. The Bertz CT molecular complexity index is 4280. The van der Waals surface area contributed by atoms with Crippen LogP contribution in [0.4, 0.5) is 9.59 Å². The molecule has 0 radical (unpaired) electrons. The third-order valence-corrected chi connectivity index (χ3v) is 19.1. The smallest absolute Gasteiger partial charge is 0.321 e. The van der Waals surface area contributed by atoms with E-state index in [1.54, 1.807) is 72.8 Å². The van der Waals surface area contributed by atoms with Crippen molar-refractivity contribution in [2.24, 2.45) is 5.73 Å². The Kier molecular flexibility index (Phi) is 42.2. The number of hydrogen-bond acceptors (Lipinski definition) is 20. The molecule has 0 aromatic heterocycles. The first-order valence-electron chi connectivity index (χ1n) is 41.0. The largest absolute Gasteiger partial charge is 0.508 e. The van der Waals surface area contributed by atoms with E-state index in [0.29, 0.717) is 61.3 Å². The van der Waals surface area contributed by atoms with Crippen LogP contribution in [0.1, 0.15) is 112 Å². The zero-order valence-corrected chi connectivity index (χ0v) is 69.1. The molecule has 8 rings (SSSR count). The summed E-state index contributed by atoms with van der Waals surface area (Å²) in [6, 6.07) is 59.1. The number of aromatic hydroxyl groups is 2. The molecule has 0 fully saturated rings. The van der Waals surface area contributed by atoms with Crippen LogP contribution in [0.25, 0.3) is 0 Å². The van der Waals surface area contributed by atoms with E-state index >= 15 is 0 Å². The van der Waals surface area contributed by atoms with Gasteiger partial charge in [-0.2, -0.15) is 0 Å². The summed E-state index contributed by atoms with van der Waals surface area (Å²) in [6.07, 6.45) is 1.10. The van der Waals surface area contributed by atoms with Crippen LogP contribution in [0, 0.1) is 10.8 Å². The number of phenolic OH excluding ortho intramolecular Hbond substituents is 2. The van der Waals surface area contributed by atoms with Gasteiger partial charge < -0.3 is 98.7 Å². The highest BCUT2D eigenvalue weighted by Crippen LogP contribution is 2.27. The fourth-order valence-electron chi connectivity index (χ4n) is 12.6. The summed E-state index contributed by atoms with van der Waals surface area (Å²) in [4.78, 5) is 134. The fourth-order valence-corrected chi connectivity index (χ4v) is 12.6. The molecular formula is C90H112N18O16. The lowest BCUT2D eigenvalue weighted by Crippen LogP contribution is -2.49. The summed E-state index contributed by atoms with van der Waals surface area (Å²) in [7, 11) is 0. The molecule has 34 heteroatoms. The van der Waals surface area contributed by atoms with E-state index in [9.17, 15) is 58.2 Å². The Morgan fingerprint density at radius 1 is 0.323 bits per heavy atom. The Morgan fingerprint density at radius 2 is 0.613 bits per heavy atom. The second kappa shape index (κ2) is 54.6. The number of carbonyl (C=O) groups is 10. The molecular weight excluding hydrogens is 1590 g/mol. The molecule has 124 heavy (non-hydrogen) atoms. The number of ether oxygens (including phenoxy) is 4. The van der Waals surface area contributed by atoms with Crippen LogP contribution < -0.4 is 80.2 Å². The molecule has 20 N–H and O–H groups in total. The van der Waals surface area contributed by atoms with Crippen molar-refractivity contribution < 1.29 is 77.1 Å². The number of nitrogens with two attached hydrogens (primary N) is 1. The average Bonchev–Trinajstić information content (AvgIpc) is 0.825. The van der Waals surface area contributed by atoms with E-state index in [4.69, 9.17) is 35.5 Å². The van der Waals surface area contributed by atoms with E-state index < -0.39 is 47.8 Å². The second-order valence-corrected chi connectivity index (χ2v) is 28.3. The van der Waals surface area contributed by atoms with Crippen molar-refractivity contribution in [3.8, 4) is 11.5 Å². The molecule has 0 heterocycles. The van der Waals surface area contributed by atoms with Crippen molar-refractivity contribution in [1.29, 1.82) is 10.8 Å². The van der Waals surface area contributed by atoms with Crippen molar-refractivity contribution >= 4 is 71.2 Å². The highest BCUT2D eigenvalue weighted by atomic mass is 16.5. The number of nitrogens with zero attached hydrogens (tertiary/aromatic N) is 1. The fraction of sp³-hybridized carbons (Fsp3) is 0.333. The van der Waals surface area contributed by atoms with Gasteiger partial charge in [-0.05, 0) is 132 Å². The molecule has 2 atom stereocenters. The third-order valence-electron chi connectivity index (χ3n) is 19.1. The zero-order valence-electron chi connectivity index (χ0n) is 69.1. The zero-order chi connectivity index (χ0) is 88.3. The third kappa shape index (κ3) is 35.6. The summed E-state index contributed by atoms with van der Waals surface area (Å²) in [5.74, 6) is -4.68. The maximum atomic E-state index is 14.0. The van der Waals surface area contributed by atoms with E-state index in [2.05, 4.69) is 74.4 Å². The van der Waals surface area contributed by atoms with Gasteiger partial charge in [0.05, 0.1) is 64.7 Å². The number of phenols is 2. The molecule has 0 unspecified atom stereocenters. The van der Waals surface area contributed by atoms with Crippen LogP contribution in [0.3, 0.4) is 0 Å². The lowest BCUT2D eigenvalue weighted by molar-refractivity contribution is -0.129. The summed E-state index contributed by atoms with van der Waals surface area (Å²) in [5, 5.41) is 74.5. The summed E-state index contributed by atoms with van der Waals surface area (Å²) >= 11 is 0. The molecule has 0 saturated carbocycles. The normalized spacial score (nSPS) is 11.4. The van der Waals surface area contributed by atoms with Crippen molar-refractivity contribution in [2.75, 3.05) is 131 Å². The number of urea groups is 2. The highest BCUT2D eigenvalue weighted by molar-refractivity contribution is 6.00. The van der Waals surface area contributed by atoms with Gasteiger partial charge in [0, 0.05) is 114 Å². The summed E-state index contributed by atoms with van der Waals surface area (Å²) in [6.45, 7) is 5.22. The van der Waals surface area contributed by atoms with Crippen molar-refractivity contribution in [3.63, 3.8) is 0 Å². The maximum Gasteiger partial charge on any atom is 0.321 e. The number of rotatable bonds is 52. The number of carbonyl (C=O) groups excluding carboxylic acids is 10. The van der Waals surface area contributed by atoms with Crippen LogP contribution in [0.15, 0.2) is 218 Å². The molecule has 0 bridgehead atoms. The molecule has 8 aromatic rings. The van der Waals surface area contributed by atoms with Gasteiger partial charge in [-0.25, -0.2) is 9.59 Å². The molecule has 8 aromatic carbocycles. The molecule has 12 amide bonds. The van der Waals surface area contributed by atoms with E-state index in [0.717, 1.165) is 33.4 Å². The van der Waals surface area contributed by atoms with Gasteiger partial charge in [0.1, 0.15) is 23.6 Å². The predicted octanol–water partition coefficient (Wildman–Crippen LogP) is 4.52. The Hall–Kier alpha value is -13.6. The van der Waals surface area contributed by atoms with Gasteiger partial charge in [0.25, 0.3) is 23.6 Å². The molecule has 0 spiro atoms. The van der Waals surface area contributed by atoms with Crippen LogP contribution in [-0.2, 0) is 51.2 Å². The Morgan fingerprint density at radius 3 is 0.911 bits per heavy atom. The first-order chi connectivity index (χ1) is 60.3. The standard InChI is InChI=1S/C90H112N18O16/c91-41-50-108(51-44-94-79(111)69-29-33-71(34-30-69)81(113)96-46-53-121-57-59-123-55-48-100-89(119)106-87(92)98-42-13-23-75(83(115)102-61-63-25-37-73(109)38-26-63)104-85(117)77(65-15-5-1-6-16-65)66-17-7-2-8-18-66)52-45-95-80(112)70-31-35-72(36-32-70)82(114)97-47-54-122-58-60-124-56-49-101-90(120)107-88(93)99-43-14-24-76(84(116)103-62-64-27-39-74(110)40-28-64)105-86(118)78(67-19-9-3-10-20-67)68-21-11-4-12-22-68/h1-12,15-22,25-40,75-78,109-110H,13-14,23-24,41-62,91H2,(H,94,111)(H,95,112)(H,96,113)(H,97,114)(H,102,115)(H,103,116)(H,104,117)(H,105,118)(H4,92,98,100,106,119)(H4,93,99,101,107,120)/t75-,76-/m1/s1. The number of guanidine groups is 2. The number of benzene rings is 8. The monoisotopic (exact) mass is 1700 g/mol. The maximum absolute atomic E-state index is 14.0. The Labute approximate surface area is 720 Å². The number of amides is 12. The van der Waals surface area contributed by atoms with Gasteiger partial charge in [-0.1, -0.05) is 146 Å². The SMILES string of the molecule is N=C(NCCC[C@@H](NC(=O)C(c1ccccc1)c1ccccc1)C(=O)NCc1ccc(O)cc1)NC(=O)NCCOCCOCCNC(=O)c1ccc(C(=O)NCCN(CCN)CCNC(=O)c2ccc(C(=O)NCCOCCOCCNC(=O)NC(=N)NCCC[C@@H](NC(=O)C(c3ccccc3)c3ccccc3)C(=O)NCc3ccc(O)cc3)cc2)cc1. The van der Waals surface area contributed by atoms with E-state index in [-0.39, 0.29) is 190 Å². The minimum absolute atomic E-state index is 0.0921. The highest BCUT2D eigenvalue weighted by Gasteiger charge is 2.30. The van der Waals surface area contributed by atoms with Crippen molar-refractivity contribution in [3.05, 3.63) is 274 Å². The van der Waals surface area contributed by atoms with Gasteiger partial charge >= 0.3 is 12.1 Å². The van der Waals surface area contributed by atoms with Gasteiger partial charge in [0.15, 0.2) is 11.9 Å². The minimum atomic E-state index is -0.938. The van der Waals surface area contributed by atoms with Crippen molar-refractivity contribution in [1.82, 2.24) is 79.3 Å². The lowest BCUT2D eigenvalue weighted by Gasteiger charge is -2.23. The van der Waals surface area contributed by atoms with Crippen LogP contribution in [0.5, 0.6) is 11.5 Å². The molecule has 34 nitrogen and oxygen atoms in total. The topological polar surface area (TPSA) is 493 Å². The Balaban J connectivity index is 0.600. The quantitative estimate of drug-likeness (QED) is 0.0142. The molecule has 0 aliphatic heterocycles. The van der Waals surface area contributed by atoms with Crippen LogP contribution in [0.2, 0.25) is 0 Å². The predicted molar refractivity (Wildman–Crippen MR) is 467 cm³/mol. The first kappa shape index (κ1) is 95.8. The summed E-state index contributed by atoms with van der Waals surface area (Å²) < 4.78 is 22.2. The van der Waals surface area contributed by atoms with Gasteiger partial charge in [-0.3, -0.25) is 64.7 Å². The van der Waals surface area contributed by atoms with Gasteiger partial charge in [0.2, 0.25) is 23.6 Å². The van der Waals surface area contributed by atoms with E-state index in [1.807, 2.05) is 126 Å². The average molecular weight is 1700 g/mol. The van der Waals surface area contributed by atoms with Crippen molar-refractivity contribution in [2.45, 2.75) is 62.7 Å². The molecule has 658 valence electrons. The van der Waals surface area contributed by atoms with Crippen LogP contribution in [-0.4, -0.2) is 230 Å². The minimum Gasteiger partial charge on any atom is -0.508 e. The lowest BCUT2D eigenvalue weighted by atomic mass is 9.90. The first-order valence-corrected chi connectivity index (χ1v) is 41.0. The van der Waals surface area contributed by atoms with Gasteiger partial charge in [-0.15, -0.1) is 0 Å². The number of nitrogens with one attached hydrogen (secondary N) is 16. The van der Waals surface area contributed by atoms with Crippen LogP contribution >= 0.6 is 0 Å². The molecule has 0 aliphatic rings. The molecule has 0 saturated heterocycles. The molecule has 0 aliphatic carbocycles. The number of hydrogen-bond donors (Lipinski definition) is 19. The van der Waals surface area contributed by atoms with E-state index in [1.165, 1.54) is 24.3 Å². The summed E-state index contributed by atoms with van der Waals surface area (Å²) in [5.41, 5.74) is 11.8.